The summed E-state index contributed by atoms with van der Waals surface area (Å²) in [5.74, 6) is -0.120. The Labute approximate surface area is 126 Å². The van der Waals surface area contributed by atoms with Crippen LogP contribution in [0.1, 0.15) is 38.7 Å². The van der Waals surface area contributed by atoms with Crippen LogP contribution < -0.4 is 10.0 Å². The van der Waals surface area contributed by atoms with E-state index in [-0.39, 0.29) is 4.90 Å². The maximum absolute atomic E-state index is 13.4. The molecule has 1 aliphatic rings. The van der Waals surface area contributed by atoms with Gasteiger partial charge in [-0.25, -0.2) is 17.5 Å². The Morgan fingerprint density at radius 1 is 1.33 bits per heavy atom. The first-order chi connectivity index (χ1) is 9.88. The molecule has 0 aromatic heterocycles. The van der Waals surface area contributed by atoms with Gasteiger partial charge in [-0.3, -0.25) is 0 Å². The first-order valence-corrected chi connectivity index (χ1v) is 8.88. The van der Waals surface area contributed by atoms with Crippen LogP contribution in [0.25, 0.3) is 0 Å². The van der Waals surface area contributed by atoms with Gasteiger partial charge in [-0.1, -0.05) is 19.9 Å². The van der Waals surface area contributed by atoms with Crippen LogP contribution in [0.5, 0.6) is 0 Å². The fraction of sp³-hybridized carbons (Fsp3) is 0.600. The van der Waals surface area contributed by atoms with Gasteiger partial charge in [0.1, 0.15) is 5.82 Å². The van der Waals surface area contributed by atoms with Crippen LogP contribution in [0.3, 0.4) is 0 Å². The van der Waals surface area contributed by atoms with Crippen LogP contribution in [0.15, 0.2) is 23.1 Å². The van der Waals surface area contributed by atoms with Gasteiger partial charge in [-0.2, -0.15) is 0 Å². The highest BCUT2D eigenvalue weighted by molar-refractivity contribution is 7.89. The predicted octanol–water partition coefficient (Wildman–Crippen LogP) is 2.40. The zero-order valence-corrected chi connectivity index (χ0v) is 13.3. The smallest absolute Gasteiger partial charge is 0.240 e. The van der Waals surface area contributed by atoms with Crippen molar-refractivity contribution in [1.29, 1.82) is 0 Å². The Morgan fingerprint density at radius 2 is 2.05 bits per heavy atom. The molecule has 0 bridgehead atoms. The minimum Gasteiger partial charge on any atom is -0.310 e. The van der Waals surface area contributed by atoms with E-state index < -0.39 is 15.8 Å². The maximum Gasteiger partial charge on any atom is 0.240 e. The first-order valence-electron chi connectivity index (χ1n) is 7.40. The fourth-order valence-corrected chi connectivity index (χ4v) is 3.32. The molecule has 1 aliphatic carbocycles. The molecule has 0 atom stereocenters. The molecule has 0 radical (unpaired) electrons. The first kappa shape index (κ1) is 16.4. The molecular formula is C15H23FN2O2S. The monoisotopic (exact) mass is 314 g/mol. The minimum absolute atomic E-state index is 0.0411. The molecule has 1 fully saturated rings. The molecular weight excluding hydrogens is 291 g/mol. The van der Waals surface area contributed by atoms with Crippen LogP contribution in [-0.4, -0.2) is 21.0 Å². The standard InChI is InChI=1S/C15H23FN2O2S/c1-11(2)7-8-18-21(19,20)15-9-13(16)4-3-12(15)10-17-14-5-6-14/h3-4,9,11,14,17-18H,5-8,10H2,1-2H3. The number of nitrogens with one attached hydrogen (secondary N) is 2. The second kappa shape index (κ2) is 6.85. The Kier molecular flexibility index (Phi) is 5.35. The summed E-state index contributed by atoms with van der Waals surface area (Å²) in [7, 11) is -3.67. The van der Waals surface area contributed by atoms with E-state index >= 15 is 0 Å². The van der Waals surface area contributed by atoms with Gasteiger partial charge in [0, 0.05) is 19.1 Å². The normalized spacial score (nSPS) is 15.6. The molecule has 0 unspecified atom stereocenters. The molecule has 0 heterocycles. The molecule has 1 saturated carbocycles. The second-order valence-corrected chi connectivity index (χ2v) is 7.72. The van der Waals surface area contributed by atoms with Gasteiger partial charge in [-0.05, 0) is 42.9 Å². The summed E-state index contributed by atoms with van der Waals surface area (Å²) in [6.45, 7) is 4.88. The van der Waals surface area contributed by atoms with Crippen molar-refractivity contribution in [2.45, 2.75) is 50.6 Å². The Hall–Kier alpha value is -0.980. The molecule has 0 aliphatic heterocycles. The van der Waals surface area contributed by atoms with Crippen LogP contribution in [0.4, 0.5) is 4.39 Å². The summed E-state index contributed by atoms with van der Waals surface area (Å²) in [5.41, 5.74) is 0.611. The largest absolute Gasteiger partial charge is 0.310 e. The van der Waals surface area contributed by atoms with E-state index in [1.165, 1.54) is 6.07 Å². The van der Waals surface area contributed by atoms with Crippen LogP contribution >= 0.6 is 0 Å². The molecule has 0 saturated heterocycles. The van der Waals surface area contributed by atoms with Crippen molar-refractivity contribution in [3.63, 3.8) is 0 Å². The molecule has 1 aromatic carbocycles. The van der Waals surface area contributed by atoms with Gasteiger partial charge >= 0.3 is 0 Å². The van der Waals surface area contributed by atoms with E-state index in [1.54, 1.807) is 6.07 Å². The lowest BCUT2D eigenvalue weighted by Crippen LogP contribution is -2.28. The van der Waals surface area contributed by atoms with Gasteiger partial charge in [0.15, 0.2) is 0 Å². The van der Waals surface area contributed by atoms with Crippen molar-refractivity contribution in [2.75, 3.05) is 6.54 Å². The highest BCUT2D eigenvalue weighted by Gasteiger charge is 2.23. The molecule has 2 N–H and O–H groups in total. The van der Waals surface area contributed by atoms with E-state index in [9.17, 15) is 12.8 Å². The van der Waals surface area contributed by atoms with E-state index in [2.05, 4.69) is 10.0 Å². The number of sulfonamides is 1. The molecule has 0 amide bonds. The van der Waals surface area contributed by atoms with Gasteiger partial charge in [0.2, 0.25) is 10.0 Å². The SMILES string of the molecule is CC(C)CCNS(=O)(=O)c1cc(F)ccc1CNC1CC1. The lowest BCUT2D eigenvalue weighted by atomic mass is 10.1. The zero-order valence-electron chi connectivity index (χ0n) is 12.5. The fourth-order valence-electron chi connectivity index (χ4n) is 2.03. The lowest BCUT2D eigenvalue weighted by molar-refractivity contribution is 0.548. The molecule has 2 rings (SSSR count). The Bertz CT molecular complexity index is 583. The van der Waals surface area contributed by atoms with Gasteiger partial charge in [-0.15, -0.1) is 0 Å². The lowest BCUT2D eigenvalue weighted by Gasteiger charge is -2.13. The molecule has 118 valence electrons. The highest BCUT2D eigenvalue weighted by Crippen LogP contribution is 2.22. The number of benzene rings is 1. The van der Waals surface area contributed by atoms with Crippen LogP contribution in [0.2, 0.25) is 0 Å². The number of hydrogen-bond donors (Lipinski definition) is 2. The van der Waals surface area contributed by atoms with Crippen molar-refractivity contribution < 1.29 is 12.8 Å². The Morgan fingerprint density at radius 3 is 2.67 bits per heavy atom. The number of halogens is 1. The minimum atomic E-state index is -3.67. The van der Waals surface area contributed by atoms with Crippen molar-refractivity contribution in [3.05, 3.63) is 29.6 Å². The topological polar surface area (TPSA) is 58.2 Å². The predicted molar refractivity (Wildman–Crippen MR) is 80.9 cm³/mol. The summed E-state index contributed by atoms with van der Waals surface area (Å²) in [4.78, 5) is 0.0411. The maximum atomic E-state index is 13.4. The summed E-state index contributed by atoms with van der Waals surface area (Å²) in [6, 6.07) is 4.42. The third-order valence-corrected chi connectivity index (χ3v) is 5.03. The van der Waals surface area contributed by atoms with Crippen molar-refractivity contribution in [3.8, 4) is 0 Å². The number of hydrogen-bond acceptors (Lipinski definition) is 3. The van der Waals surface area contributed by atoms with Gasteiger partial charge < -0.3 is 5.32 Å². The molecule has 0 spiro atoms. The third kappa shape index (κ3) is 5.05. The van der Waals surface area contributed by atoms with E-state index in [1.807, 2.05) is 13.8 Å². The Balaban J connectivity index is 2.12. The molecule has 21 heavy (non-hydrogen) atoms. The van der Waals surface area contributed by atoms with Crippen LogP contribution in [0, 0.1) is 11.7 Å². The van der Waals surface area contributed by atoms with Gasteiger partial charge in [0.05, 0.1) is 4.90 Å². The third-order valence-electron chi connectivity index (χ3n) is 3.49. The summed E-state index contributed by atoms with van der Waals surface area (Å²) >= 11 is 0. The van der Waals surface area contributed by atoms with E-state index in [4.69, 9.17) is 0 Å². The van der Waals surface area contributed by atoms with Crippen molar-refractivity contribution in [2.24, 2.45) is 5.92 Å². The molecule has 6 heteroatoms. The van der Waals surface area contributed by atoms with Crippen molar-refractivity contribution >= 4 is 10.0 Å². The van der Waals surface area contributed by atoms with Crippen LogP contribution in [-0.2, 0) is 16.6 Å². The van der Waals surface area contributed by atoms with E-state index in [0.717, 1.165) is 25.3 Å². The quantitative estimate of drug-likeness (QED) is 0.774. The zero-order chi connectivity index (χ0) is 15.5. The highest BCUT2D eigenvalue weighted by atomic mass is 32.2. The molecule has 4 nitrogen and oxygen atoms in total. The van der Waals surface area contributed by atoms with E-state index in [0.29, 0.717) is 30.6 Å². The molecule has 1 aromatic rings. The van der Waals surface area contributed by atoms with Crippen molar-refractivity contribution in [1.82, 2.24) is 10.0 Å². The average Bonchev–Trinajstić information content (AvgIpc) is 3.20. The summed E-state index contributed by atoms with van der Waals surface area (Å²) < 4.78 is 40.7. The second-order valence-electron chi connectivity index (χ2n) is 5.99. The summed E-state index contributed by atoms with van der Waals surface area (Å²) in [6.07, 6.45) is 3.00. The number of rotatable bonds is 8. The summed E-state index contributed by atoms with van der Waals surface area (Å²) in [5, 5.41) is 3.26. The average molecular weight is 314 g/mol. The van der Waals surface area contributed by atoms with Gasteiger partial charge in [0.25, 0.3) is 0 Å².